The highest BCUT2D eigenvalue weighted by Crippen LogP contribution is 2.13. The van der Waals surface area contributed by atoms with Gasteiger partial charge in [-0.3, -0.25) is 0 Å². The Labute approximate surface area is 89.8 Å². The van der Waals surface area contributed by atoms with Gasteiger partial charge in [-0.25, -0.2) is 4.79 Å². The lowest BCUT2D eigenvalue weighted by Crippen LogP contribution is -1.96. The predicted octanol–water partition coefficient (Wildman–Crippen LogP) is 2.40. The predicted molar refractivity (Wildman–Crippen MR) is 60.7 cm³/mol. The van der Waals surface area contributed by atoms with E-state index in [-0.39, 0.29) is 5.97 Å². The lowest BCUT2D eigenvalue weighted by atomic mass is 10.1. The molecule has 0 radical (unpaired) electrons. The highest BCUT2D eigenvalue weighted by atomic mass is 16.5. The van der Waals surface area contributed by atoms with E-state index in [1.54, 1.807) is 6.20 Å². The first-order chi connectivity index (χ1) is 7.11. The number of benzene rings is 1. The summed E-state index contributed by atoms with van der Waals surface area (Å²) in [6.45, 7) is 4.06. The number of esters is 1. The Morgan fingerprint density at radius 2 is 1.87 bits per heavy atom. The van der Waals surface area contributed by atoms with Gasteiger partial charge >= 0.3 is 5.97 Å². The molecule has 80 valence electrons. The molecule has 0 heterocycles. The van der Waals surface area contributed by atoms with E-state index in [0.717, 1.165) is 5.69 Å². The average Bonchev–Trinajstić information content (AvgIpc) is 2.16. The minimum atomic E-state index is -0.369. The van der Waals surface area contributed by atoms with Gasteiger partial charge in [0.05, 0.1) is 7.11 Å². The average molecular weight is 205 g/mol. The van der Waals surface area contributed by atoms with E-state index in [1.807, 2.05) is 26.0 Å². The summed E-state index contributed by atoms with van der Waals surface area (Å²) in [6, 6.07) is 6.11. The first-order valence-corrected chi connectivity index (χ1v) is 4.71. The molecule has 3 heteroatoms. The van der Waals surface area contributed by atoms with Gasteiger partial charge in [-0.15, -0.1) is 0 Å². The molecule has 0 aliphatic carbocycles. The van der Waals surface area contributed by atoms with E-state index >= 15 is 0 Å². The molecule has 1 aromatic rings. The third kappa shape index (κ3) is 3.85. The van der Waals surface area contributed by atoms with Crippen molar-refractivity contribution in [3.63, 3.8) is 0 Å². The van der Waals surface area contributed by atoms with Crippen molar-refractivity contribution in [3.8, 4) is 0 Å². The molecule has 1 N–H and O–H groups in total. The standard InChI is InChI=1S/C12H15NO2/c1-9-6-10(2)8-11(7-9)13-5-4-12(14)15-3/h4-8,13H,1-3H3/b5-4+. The minimum absolute atomic E-state index is 0.369. The summed E-state index contributed by atoms with van der Waals surface area (Å²) in [4.78, 5) is 10.8. The zero-order chi connectivity index (χ0) is 11.3. The second-order valence-corrected chi connectivity index (χ2v) is 3.38. The molecule has 3 nitrogen and oxygen atoms in total. The summed E-state index contributed by atoms with van der Waals surface area (Å²) < 4.78 is 4.47. The molecular formula is C12H15NO2. The van der Waals surface area contributed by atoms with Crippen LogP contribution in [0.4, 0.5) is 5.69 Å². The van der Waals surface area contributed by atoms with E-state index in [4.69, 9.17) is 0 Å². The summed E-state index contributed by atoms with van der Waals surface area (Å²) in [5, 5.41) is 3.01. The van der Waals surface area contributed by atoms with Crippen LogP contribution in [0.5, 0.6) is 0 Å². The molecule has 0 aromatic heterocycles. The van der Waals surface area contributed by atoms with Crippen molar-refractivity contribution in [2.24, 2.45) is 0 Å². The zero-order valence-electron chi connectivity index (χ0n) is 9.20. The monoisotopic (exact) mass is 205 g/mol. The van der Waals surface area contributed by atoms with E-state index in [1.165, 1.54) is 24.3 Å². The lowest BCUT2D eigenvalue weighted by molar-refractivity contribution is -0.134. The zero-order valence-corrected chi connectivity index (χ0v) is 9.20. The molecule has 0 bridgehead atoms. The number of hydrogen-bond acceptors (Lipinski definition) is 3. The number of anilines is 1. The van der Waals surface area contributed by atoms with Gasteiger partial charge < -0.3 is 10.1 Å². The van der Waals surface area contributed by atoms with Gasteiger partial charge in [-0.1, -0.05) is 6.07 Å². The second kappa shape index (κ2) is 5.20. The fourth-order valence-corrected chi connectivity index (χ4v) is 1.33. The molecule has 0 unspecified atom stereocenters. The molecule has 1 rings (SSSR count). The first-order valence-electron chi connectivity index (χ1n) is 4.71. The van der Waals surface area contributed by atoms with E-state index in [0.29, 0.717) is 0 Å². The topological polar surface area (TPSA) is 38.3 Å². The van der Waals surface area contributed by atoms with Crippen LogP contribution in [0.15, 0.2) is 30.5 Å². The summed E-state index contributed by atoms with van der Waals surface area (Å²) >= 11 is 0. The number of rotatable bonds is 3. The maximum atomic E-state index is 10.8. The highest BCUT2D eigenvalue weighted by molar-refractivity contribution is 5.82. The quantitative estimate of drug-likeness (QED) is 0.608. The van der Waals surface area contributed by atoms with Crippen LogP contribution in [-0.4, -0.2) is 13.1 Å². The Bertz CT molecular complexity index is 363. The molecule has 0 spiro atoms. The fraction of sp³-hybridized carbons (Fsp3) is 0.250. The van der Waals surface area contributed by atoms with Crippen molar-refractivity contribution in [2.45, 2.75) is 13.8 Å². The van der Waals surface area contributed by atoms with Crippen LogP contribution in [0.1, 0.15) is 11.1 Å². The number of hydrogen-bond donors (Lipinski definition) is 1. The first kappa shape index (κ1) is 11.3. The Kier molecular flexibility index (Phi) is 3.92. The molecule has 0 amide bonds. The summed E-state index contributed by atoms with van der Waals surface area (Å²) in [5.74, 6) is -0.369. The molecule has 0 saturated carbocycles. The van der Waals surface area contributed by atoms with Crippen molar-refractivity contribution >= 4 is 11.7 Å². The van der Waals surface area contributed by atoms with Crippen LogP contribution in [-0.2, 0) is 9.53 Å². The van der Waals surface area contributed by atoms with Crippen LogP contribution in [0.25, 0.3) is 0 Å². The third-order valence-electron chi connectivity index (χ3n) is 1.89. The van der Waals surface area contributed by atoms with E-state index in [2.05, 4.69) is 16.1 Å². The van der Waals surface area contributed by atoms with Crippen molar-refractivity contribution in [2.75, 3.05) is 12.4 Å². The number of methoxy groups -OCH3 is 1. The summed E-state index contributed by atoms with van der Waals surface area (Å²) in [6.07, 6.45) is 2.91. The molecular weight excluding hydrogens is 190 g/mol. The Hall–Kier alpha value is -1.77. The van der Waals surface area contributed by atoms with E-state index in [9.17, 15) is 4.79 Å². The van der Waals surface area contributed by atoms with Gasteiger partial charge in [0, 0.05) is 18.0 Å². The third-order valence-corrected chi connectivity index (χ3v) is 1.89. The smallest absolute Gasteiger partial charge is 0.331 e. The van der Waals surface area contributed by atoms with Gasteiger partial charge in [-0.2, -0.15) is 0 Å². The largest absolute Gasteiger partial charge is 0.466 e. The molecule has 1 aromatic carbocycles. The Morgan fingerprint density at radius 1 is 1.27 bits per heavy atom. The molecule has 0 aliphatic heterocycles. The molecule has 0 atom stereocenters. The van der Waals surface area contributed by atoms with Gasteiger partial charge in [0.15, 0.2) is 0 Å². The van der Waals surface area contributed by atoms with Crippen LogP contribution < -0.4 is 5.32 Å². The number of nitrogens with one attached hydrogen (secondary N) is 1. The maximum absolute atomic E-state index is 10.8. The number of ether oxygens (including phenoxy) is 1. The van der Waals surface area contributed by atoms with Gasteiger partial charge in [0.2, 0.25) is 0 Å². The van der Waals surface area contributed by atoms with Crippen LogP contribution in [0, 0.1) is 13.8 Å². The van der Waals surface area contributed by atoms with Crippen molar-refractivity contribution in [1.82, 2.24) is 0 Å². The SMILES string of the molecule is COC(=O)/C=C/Nc1cc(C)cc(C)c1. The minimum Gasteiger partial charge on any atom is -0.466 e. The van der Waals surface area contributed by atoms with Gasteiger partial charge in [0.25, 0.3) is 0 Å². The summed E-state index contributed by atoms with van der Waals surface area (Å²) in [5.41, 5.74) is 3.33. The highest BCUT2D eigenvalue weighted by Gasteiger charge is 1.94. The number of aryl methyl sites for hydroxylation is 2. The van der Waals surface area contributed by atoms with Crippen LogP contribution in [0.2, 0.25) is 0 Å². The Morgan fingerprint density at radius 3 is 2.40 bits per heavy atom. The number of carbonyl (C=O) groups excluding carboxylic acids is 1. The van der Waals surface area contributed by atoms with Crippen molar-refractivity contribution in [1.29, 1.82) is 0 Å². The molecule has 0 aliphatic rings. The second-order valence-electron chi connectivity index (χ2n) is 3.38. The fourth-order valence-electron chi connectivity index (χ4n) is 1.33. The van der Waals surface area contributed by atoms with Crippen LogP contribution in [0.3, 0.4) is 0 Å². The van der Waals surface area contributed by atoms with Crippen LogP contribution >= 0.6 is 0 Å². The molecule has 15 heavy (non-hydrogen) atoms. The lowest BCUT2D eigenvalue weighted by Gasteiger charge is -2.03. The molecule has 0 saturated heterocycles. The van der Waals surface area contributed by atoms with Gasteiger partial charge in [-0.05, 0) is 37.1 Å². The maximum Gasteiger partial charge on any atom is 0.331 e. The Balaban J connectivity index is 2.65. The summed E-state index contributed by atoms with van der Waals surface area (Å²) in [7, 11) is 1.35. The number of carbonyl (C=O) groups is 1. The normalized spacial score (nSPS) is 10.3. The van der Waals surface area contributed by atoms with Gasteiger partial charge in [0.1, 0.15) is 0 Å². The van der Waals surface area contributed by atoms with Crippen molar-refractivity contribution in [3.05, 3.63) is 41.6 Å². The van der Waals surface area contributed by atoms with E-state index < -0.39 is 0 Å². The molecule has 0 fully saturated rings. The van der Waals surface area contributed by atoms with Crippen molar-refractivity contribution < 1.29 is 9.53 Å².